The first-order chi connectivity index (χ1) is 12.5. The number of hydrogen-bond donors (Lipinski definition) is 1. The zero-order chi connectivity index (χ0) is 18.7. The fraction of sp³-hybridized carbons (Fsp3) is 0.333. The van der Waals surface area contributed by atoms with Crippen molar-refractivity contribution in [1.82, 2.24) is 0 Å². The van der Waals surface area contributed by atoms with Gasteiger partial charge in [-0.2, -0.15) is 0 Å². The number of aryl methyl sites for hydroxylation is 2. The van der Waals surface area contributed by atoms with Gasteiger partial charge < -0.3 is 5.32 Å². The molecule has 5 heteroatoms. The Morgan fingerprint density at radius 3 is 2.73 bits per heavy atom. The third-order valence-corrected chi connectivity index (χ3v) is 5.65. The number of thioether (sulfide) groups is 1. The van der Waals surface area contributed by atoms with Gasteiger partial charge in [-0.1, -0.05) is 42.8 Å². The van der Waals surface area contributed by atoms with E-state index in [1.54, 1.807) is 11.8 Å². The summed E-state index contributed by atoms with van der Waals surface area (Å²) in [7, 11) is 0. The Labute approximate surface area is 159 Å². The van der Waals surface area contributed by atoms with Crippen LogP contribution in [0, 0.1) is 13.8 Å². The molecule has 0 unspecified atom stereocenters. The maximum Gasteiger partial charge on any atom is 0.238 e. The molecule has 4 nitrogen and oxygen atoms in total. The molecule has 0 aromatic heterocycles. The highest BCUT2D eigenvalue weighted by Gasteiger charge is 2.36. The van der Waals surface area contributed by atoms with Crippen molar-refractivity contribution in [3.05, 3.63) is 59.2 Å². The summed E-state index contributed by atoms with van der Waals surface area (Å²) < 4.78 is 0. The molecule has 0 saturated carbocycles. The van der Waals surface area contributed by atoms with E-state index < -0.39 is 0 Å². The Morgan fingerprint density at radius 2 is 2.00 bits per heavy atom. The van der Waals surface area contributed by atoms with Gasteiger partial charge in [-0.25, -0.2) is 0 Å². The molecule has 1 aliphatic heterocycles. The van der Waals surface area contributed by atoms with Gasteiger partial charge in [0.05, 0.1) is 5.75 Å². The summed E-state index contributed by atoms with van der Waals surface area (Å²) in [6.45, 7) is 6.07. The van der Waals surface area contributed by atoms with Gasteiger partial charge in [0.25, 0.3) is 0 Å². The molecule has 26 heavy (non-hydrogen) atoms. The highest BCUT2D eigenvalue weighted by atomic mass is 32.2. The molecule has 1 N–H and O–H groups in total. The van der Waals surface area contributed by atoms with E-state index >= 15 is 0 Å². The van der Waals surface area contributed by atoms with Crippen LogP contribution in [0.2, 0.25) is 0 Å². The van der Waals surface area contributed by atoms with Crippen LogP contribution in [-0.2, 0) is 9.59 Å². The maximum absolute atomic E-state index is 12.6. The number of carbonyl (C=O) groups is 2. The van der Waals surface area contributed by atoms with Crippen molar-refractivity contribution in [2.24, 2.45) is 0 Å². The van der Waals surface area contributed by atoms with E-state index in [9.17, 15) is 9.59 Å². The molecule has 3 rings (SSSR count). The largest absolute Gasteiger partial charge is 0.326 e. The summed E-state index contributed by atoms with van der Waals surface area (Å²) in [4.78, 5) is 26.6. The minimum Gasteiger partial charge on any atom is -0.326 e. The molecular weight excluding hydrogens is 344 g/mol. The fourth-order valence-corrected chi connectivity index (χ4v) is 4.46. The molecule has 2 aromatic carbocycles. The minimum absolute atomic E-state index is 0.00680. The third-order valence-electron chi connectivity index (χ3n) is 4.46. The quantitative estimate of drug-likeness (QED) is 0.823. The SMILES string of the molecule is CCCC(=O)Nc1ccccc1[C@@H]1SCC(=O)N1c1ccc(C)cc1C. The molecular formula is C21H24N2O2S. The Morgan fingerprint density at radius 1 is 1.23 bits per heavy atom. The van der Waals surface area contributed by atoms with Gasteiger partial charge >= 0.3 is 0 Å². The molecule has 0 radical (unpaired) electrons. The zero-order valence-corrected chi connectivity index (χ0v) is 16.2. The van der Waals surface area contributed by atoms with E-state index in [0.717, 1.165) is 28.9 Å². The lowest BCUT2D eigenvalue weighted by atomic mass is 10.1. The Kier molecular flexibility index (Phi) is 5.67. The van der Waals surface area contributed by atoms with Crippen LogP contribution in [0.3, 0.4) is 0 Å². The van der Waals surface area contributed by atoms with E-state index in [-0.39, 0.29) is 17.2 Å². The third kappa shape index (κ3) is 3.78. The second-order valence-corrected chi connectivity index (χ2v) is 7.67. The van der Waals surface area contributed by atoms with E-state index in [1.165, 1.54) is 5.56 Å². The molecule has 136 valence electrons. The van der Waals surface area contributed by atoms with Crippen molar-refractivity contribution in [3.63, 3.8) is 0 Å². The number of hydrogen-bond acceptors (Lipinski definition) is 3. The smallest absolute Gasteiger partial charge is 0.238 e. The standard InChI is InChI=1S/C21H24N2O2S/c1-4-7-19(24)22-17-9-6-5-8-16(17)21-23(20(25)13-26-21)18-11-10-14(2)12-15(18)3/h5-6,8-12,21H,4,7,13H2,1-3H3,(H,22,24)/t21-/m0/s1. The van der Waals surface area contributed by atoms with E-state index in [4.69, 9.17) is 0 Å². The Hall–Kier alpha value is -2.27. The molecule has 2 amide bonds. The molecule has 1 saturated heterocycles. The number of amides is 2. The average Bonchev–Trinajstić information content (AvgIpc) is 2.97. The summed E-state index contributed by atoms with van der Waals surface area (Å²) >= 11 is 1.60. The van der Waals surface area contributed by atoms with Crippen LogP contribution in [0.4, 0.5) is 11.4 Å². The summed E-state index contributed by atoms with van der Waals surface area (Å²) in [5, 5.41) is 2.87. The predicted octanol–water partition coefficient (Wildman–Crippen LogP) is 4.82. The first-order valence-electron chi connectivity index (χ1n) is 8.91. The summed E-state index contributed by atoms with van der Waals surface area (Å²) in [5.74, 6) is 0.545. The van der Waals surface area contributed by atoms with E-state index in [0.29, 0.717) is 12.2 Å². The second kappa shape index (κ2) is 7.96. The number of para-hydroxylation sites is 1. The first-order valence-corrected chi connectivity index (χ1v) is 9.96. The fourth-order valence-electron chi connectivity index (χ4n) is 3.26. The van der Waals surface area contributed by atoms with Crippen molar-refractivity contribution in [2.75, 3.05) is 16.0 Å². The van der Waals surface area contributed by atoms with E-state index in [2.05, 4.69) is 11.4 Å². The number of nitrogens with one attached hydrogen (secondary N) is 1. The topological polar surface area (TPSA) is 49.4 Å². The second-order valence-electron chi connectivity index (χ2n) is 6.60. The van der Waals surface area contributed by atoms with Crippen molar-refractivity contribution in [3.8, 4) is 0 Å². The van der Waals surface area contributed by atoms with E-state index in [1.807, 2.05) is 62.1 Å². The van der Waals surface area contributed by atoms with Gasteiger partial charge in [0.2, 0.25) is 11.8 Å². The van der Waals surface area contributed by atoms with Gasteiger partial charge in [0.15, 0.2) is 0 Å². The lowest BCUT2D eigenvalue weighted by Crippen LogP contribution is -2.29. The summed E-state index contributed by atoms with van der Waals surface area (Å²) in [6.07, 6.45) is 1.30. The highest BCUT2D eigenvalue weighted by Crippen LogP contribution is 2.45. The van der Waals surface area contributed by atoms with Crippen LogP contribution < -0.4 is 10.2 Å². The molecule has 2 aromatic rings. The van der Waals surface area contributed by atoms with Crippen LogP contribution in [-0.4, -0.2) is 17.6 Å². The van der Waals surface area contributed by atoms with Gasteiger partial charge in [0, 0.05) is 23.4 Å². The van der Waals surface area contributed by atoms with Crippen LogP contribution in [0.1, 0.15) is 41.8 Å². The van der Waals surface area contributed by atoms with Crippen molar-refractivity contribution < 1.29 is 9.59 Å². The van der Waals surface area contributed by atoms with Crippen molar-refractivity contribution in [2.45, 2.75) is 39.0 Å². The average molecular weight is 369 g/mol. The van der Waals surface area contributed by atoms with Crippen LogP contribution in [0.15, 0.2) is 42.5 Å². The number of nitrogens with zero attached hydrogens (tertiary/aromatic N) is 1. The summed E-state index contributed by atoms with van der Waals surface area (Å²) in [6, 6.07) is 13.9. The van der Waals surface area contributed by atoms with Gasteiger partial charge in [0.1, 0.15) is 5.37 Å². The molecule has 1 fully saturated rings. The van der Waals surface area contributed by atoms with Gasteiger partial charge in [-0.3, -0.25) is 14.5 Å². The maximum atomic E-state index is 12.6. The van der Waals surface area contributed by atoms with Crippen molar-refractivity contribution >= 4 is 35.0 Å². The Bertz CT molecular complexity index is 835. The molecule has 0 bridgehead atoms. The highest BCUT2D eigenvalue weighted by molar-refractivity contribution is 8.00. The van der Waals surface area contributed by atoms with Gasteiger partial charge in [-0.15, -0.1) is 11.8 Å². The lowest BCUT2D eigenvalue weighted by Gasteiger charge is -2.27. The first kappa shape index (κ1) is 18.5. The predicted molar refractivity (Wildman–Crippen MR) is 109 cm³/mol. The van der Waals surface area contributed by atoms with Gasteiger partial charge in [-0.05, 0) is 38.0 Å². The molecule has 1 aliphatic rings. The number of carbonyl (C=O) groups excluding carboxylic acids is 2. The van der Waals surface area contributed by atoms with Crippen LogP contribution >= 0.6 is 11.8 Å². The molecule has 0 spiro atoms. The van der Waals surface area contributed by atoms with Crippen molar-refractivity contribution in [1.29, 1.82) is 0 Å². The minimum atomic E-state index is -0.137. The monoisotopic (exact) mass is 368 g/mol. The number of benzene rings is 2. The number of anilines is 2. The molecule has 0 aliphatic carbocycles. The molecule has 1 heterocycles. The van der Waals surface area contributed by atoms with Crippen LogP contribution in [0.25, 0.3) is 0 Å². The summed E-state index contributed by atoms with van der Waals surface area (Å²) in [5.41, 5.74) is 4.94. The van der Waals surface area contributed by atoms with Crippen LogP contribution in [0.5, 0.6) is 0 Å². The number of rotatable bonds is 5. The Balaban J connectivity index is 1.97. The zero-order valence-electron chi connectivity index (χ0n) is 15.4. The molecule has 1 atom stereocenters. The lowest BCUT2D eigenvalue weighted by molar-refractivity contribution is -0.116. The normalized spacial score (nSPS) is 16.8.